The fourth-order valence-corrected chi connectivity index (χ4v) is 6.00. The molecule has 4 rings (SSSR count). The summed E-state index contributed by atoms with van der Waals surface area (Å²) in [7, 11) is 0. The van der Waals surface area contributed by atoms with Crippen LogP contribution in [0.1, 0.15) is 53.5 Å². The van der Waals surface area contributed by atoms with Gasteiger partial charge in [0.15, 0.2) is 6.54 Å². The fraction of sp³-hybridized carbons (Fsp3) is 0.526. The van der Waals surface area contributed by atoms with Crippen LogP contribution in [0.2, 0.25) is 0 Å². The first-order valence-electron chi connectivity index (χ1n) is 9.05. The van der Waals surface area contributed by atoms with Crippen molar-refractivity contribution < 1.29 is 9.69 Å². The quantitative estimate of drug-likeness (QED) is 0.863. The van der Waals surface area contributed by atoms with Crippen LogP contribution in [0.4, 0.5) is 0 Å². The number of carbonyl (C=O) groups excluding carboxylic acids is 1. The second kappa shape index (κ2) is 7.38. The van der Waals surface area contributed by atoms with Gasteiger partial charge in [0.2, 0.25) is 0 Å². The van der Waals surface area contributed by atoms with Crippen molar-refractivity contribution in [3.63, 3.8) is 0 Å². The molecule has 24 heavy (non-hydrogen) atoms. The third kappa shape index (κ3) is 3.44. The number of fused-ring (bicyclic) bond motifs is 1. The van der Waals surface area contributed by atoms with Gasteiger partial charge in [0.05, 0.1) is 11.4 Å². The Morgan fingerprint density at radius 2 is 2.04 bits per heavy atom. The van der Waals surface area contributed by atoms with Crippen LogP contribution in [0, 0.1) is 0 Å². The van der Waals surface area contributed by atoms with Crippen LogP contribution in [0.3, 0.4) is 0 Å². The van der Waals surface area contributed by atoms with Gasteiger partial charge in [-0.25, -0.2) is 0 Å². The van der Waals surface area contributed by atoms with Crippen molar-refractivity contribution in [2.24, 2.45) is 0 Å². The van der Waals surface area contributed by atoms with Crippen LogP contribution in [0.5, 0.6) is 0 Å². The summed E-state index contributed by atoms with van der Waals surface area (Å²) < 4.78 is 0. The molecule has 0 saturated heterocycles. The average molecular weight is 362 g/mol. The van der Waals surface area contributed by atoms with Gasteiger partial charge in [0.1, 0.15) is 6.04 Å². The molecule has 0 bridgehead atoms. The third-order valence-electron chi connectivity index (χ3n) is 5.36. The minimum absolute atomic E-state index is 0.233. The maximum atomic E-state index is 12.6. The van der Waals surface area contributed by atoms with E-state index in [1.54, 1.807) is 0 Å². The van der Waals surface area contributed by atoms with Crippen molar-refractivity contribution in [1.29, 1.82) is 0 Å². The monoisotopic (exact) mass is 361 g/mol. The van der Waals surface area contributed by atoms with Crippen molar-refractivity contribution in [2.75, 3.05) is 13.1 Å². The topological polar surface area (TPSA) is 33.5 Å². The van der Waals surface area contributed by atoms with Crippen LogP contribution >= 0.6 is 22.7 Å². The number of thiophene rings is 2. The predicted molar refractivity (Wildman–Crippen MR) is 99.9 cm³/mol. The van der Waals surface area contributed by atoms with Gasteiger partial charge in [-0.2, -0.15) is 0 Å². The molecule has 0 spiro atoms. The summed E-state index contributed by atoms with van der Waals surface area (Å²) in [6.45, 7) is 1.64. The number of hydrogen-bond donors (Lipinski definition) is 2. The van der Waals surface area contributed by atoms with E-state index in [4.69, 9.17) is 0 Å². The Kier molecular flexibility index (Phi) is 5.01. The van der Waals surface area contributed by atoms with Gasteiger partial charge >= 0.3 is 0 Å². The first kappa shape index (κ1) is 16.3. The number of quaternary nitrogens is 1. The zero-order valence-corrected chi connectivity index (χ0v) is 15.6. The summed E-state index contributed by atoms with van der Waals surface area (Å²) in [6.07, 6.45) is 7.26. The fourth-order valence-electron chi connectivity index (χ4n) is 4.18. The molecule has 2 aliphatic rings. The highest BCUT2D eigenvalue weighted by Crippen LogP contribution is 2.31. The first-order chi connectivity index (χ1) is 11.8. The van der Waals surface area contributed by atoms with Gasteiger partial charge < -0.3 is 10.2 Å². The van der Waals surface area contributed by atoms with Crippen molar-refractivity contribution in [2.45, 2.75) is 50.6 Å². The second-order valence-electron chi connectivity index (χ2n) is 6.99. The van der Waals surface area contributed by atoms with E-state index in [2.05, 4.69) is 34.3 Å². The molecular formula is C19H25N2OS2+. The number of hydrogen-bond acceptors (Lipinski definition) is 3. The molecule has 3 heterocycles. The van der Waals surface area contributed by atoms with E-state index in [1.807, 2.05) is 22.7 Å². The van der Waals surface area contributed by atoms with Gasteiger partial charge in [-0.15, -0.1) is 22.7 Å². The van der Waals surface area contributed by atoms with Gasteiger partial charge in [-0.3, -0.25) is 4.79 Å². The molecule has 2 atom stereocenters. The Labute approximate surface area is 151 Å². The summed E-state index contributed by atoms with van der Waals surface area (Å²) in [6, 6.07) is 7.36. The number of carbonyl (C=O) groups is 1. The van der Waals surface area contributed by atoms with Crippen molar-refractivity contribution in [3.8, 4) is 0 Å². The molecule has 1 unspecified atom stereocenters. The molecule has 2 N–H and O–H groups in total. The molecule has 1 fully saturated rings. The lowest BCUT2D eigenvalue weighted by Gasteiger charge is -2.32. The van der Waals surface area contributed by atoms with Crippen LogP contribution in [-0.4, -0.2) is 25.0 Å². The van der Waals surface area contributed by atoms with Crippen molar-refractivity contribution in [3.05, 3.63) is 44.3 Å². The first-order valence-corrected chi connectivity index (χ1v) is 10.8. The number of amides is 1. The molecule has 1 aliphatic carbocycles. The van der Waals surface area contributed by atoms with Gasteiger partial charge in [0.25, 0.3) is 5.91 Å². The van der Waals surface area contributed by atoms with Crippen molar-refractivity contribution >= 4 is 28.6 Å². The zero-order valence-electron chi connectivity index (χ0n) is 13.9. The molecule has 128 valence electrons. The van der Waals surface area contributed by atoms with E-state index >= 15 is 0 Å². The van der Waals surface area contributed by atoms with Gasteiger partial charge in [-0.05, 0) is 35.7 Å². The normalized spacial score (nSPS) is 24.5. The van der Waals surface area contributed by atoms with Crippen LogP contribution in [0.25, 0.3) is 0 Å². The lowest BCUT2D eigenvalue weighted by molar-refractivity contribution is -0.919. The molecular weight excluding hydrogens is 336 g/mol. The minimum atomic E-state index is 0.233. The predicted octanol–water partition coefficient (Wildman–Crippen LogP) is 2.79. The Hall–Kier alpha value is -1.17. The molecule has 1 aliphatic heterocycles. The van der Waals surface area contributed by atoms with Gasteiger partial charge in [-0.1, -0.05) is 25.3 Å². The highest BCUT2D eigenvalue weighted by atomic mass is 32.1. The largest absolute Gasteiger partial charge is 0.348 e. The maximum Gasteiger partial charge on any atom is 0.275 e. The highest BCUT2D eigenvalue weighted by molar-refractivity contribution is 7.10. The Morgan fingerprint density at radius 1 is 1.17 bits per heavy atom. The van der Waals surface area contributed by atoms with Crippen molar-refractivity contribution in [1.82, 2.24) is 5.32 Å². The Balaban J connectivity index is 1.48. The Morgan fingerprint density at radius 3 is 2.83 bits per heavy atom. The number of nitrogens with one attached hydrogen (secondary N) is 2. The summed E-state index contributed by atoms with van der Waals surface area (Å²) in [5.41, 5.74) is 1.44. The van der Waals surface area contributed by atoms with Crippen LogP contribution in [-0.2, 0) is 11.2 Å². The summed E-state index contributed by atoms with van der Waals surface area (Å²) in [4.78, 5) is 16.9. The summed E-state index contributed by atoms with van der Waals surface area (Å²) >= 11 is 3.68. The average Bonchev–Trinajstić information content (AvgIpc) is 3.27. The van der Waals surface area contributed by atoms with Crippen LogP contribution in [0.15, 0.2) is 29.0 Å². The van der Waals surface area contributed by atoms with Crippen LogP contribution < -0.4 is 10.2 Å². The summed E-state index contributed by atoms with van der Waals surface area (Å²) in [5, 5.41) is 7.65. The highest BCUT2D eigenvalue weighted by Gasteiger charge is 2.35. The molecule has 2 aromatic rings. The lowest BCUT2D eigenvalue weighted by Crippen LogP contribution is -3.14. The van der Waals surface area contributed by atoms with E-state index in [-0.39, 0.29) is 5.91 Å². The molecule has 1 amide bonds. The van der Waals surface area contributed by atoms with Gasteiger partial charge in [0, 0.05) is 22.9 Å². The Bertz CT molecular complexity index is 673. The molecule has 1 saturated carbocycles. The lowest BCUT2D eigenvalue weighted by atomic mass is 9.95. The third-order valence-corrected chi connectivity index (χ3v) is 7.29. The second-order valence-corrected chi connectivity index (χ2v) is 8.96. The molecule has 2 aromatic heterocycles. The molecule has 0 radical (unpaired) electrons. The number of rotatable bonds is 4. The van der Waals surface area contributed by atoms with E-state index in [0.29, 0.717) is 18.6 Å². The SMILES string of the molecule is O=C(C[NH+]1CCc2sccc2[C@@H]1c1cccs1)NC1CCCCC1. The van der Waals surface area contributed by atoms with E-state index in [0.717, 1.165) is 25.8 Å². The van der Waals surface area contributed by atoms with E-state index in [1.165, 1.54) is 39.5 Å². The summed E-state index contributed by atoms with van der Waals surface area (Å²) in [5.74, 6) is 0.233. The molecule has 3 nitrogen and oxygen atoms in total. The standard InChI is InChI=1S/C19H24N2OS2/c22-18(20-14-5-2-1-3-6-14)13-21-10-8-16-15(9-12-24-16)19(21)17-7-4-11-23-17/h4,7,9,11-12,14,19H,1-3,5-6,8,10,13H2,(H,20,22)/p+1/t19-/m1/s1. The van der Waals surface area contributed by atoms with E-state index < -0.39 is 0 Å². The smallest absolute Gasteiger partial charge is 0.275 e. The zero-order chi connectivity index (χ0) is 16.4. The minimum Gasteiger partial charge on any atom is -0.348 e. The van der Waals surface area contributed by atoms with E-state index in [9.17, 15) is 4.79 Å². The maximum absolute atomic E-state index is 12.6. The molecule has 5 heteroatoms. The molecule has 0 aromatic carbocycles.